The van der Waals surface area contributed by atoms with Gasteiger partial charge in [-0.25, -0.2) is 0 Å². The molecule has 17 heavy (non-hydrogen) atoms. The van der Waals surface area contributed by atoms with Gasteiger partial charge in [0.15, 0.2) is 17.3 Å². The highest BCUT2D eigenvalue weighted by Crippen LogP contribution is 2.35. The molecular weight excluding hydrogens is 218 g/mol. The number of nitrogens with two attached hydrogens (primary N) is 1. The Labute approximate surface area is 99.7 Å². The Morgan fingerprint density at radius 2 is 1.88 bits per heavy atom. The van der Waals surface area contributed by atoms with Crippen LogP contribution in [0.2, 0.25) is 0 Å². The highest BCUT2D eigenvalue weighted by atomic mass is 16.7. The minimum atomic E-state index is -0.673. The summed E-state index contributed by atoms with van der Waals surface area (Å²) in [7, 11) is 0. The van der Waals surface area contributed by atoms with Gasteiger partial charge in [0.05, 0.1) is 5.54 Å². The smallest absolute Gasteiger partial charge is 0.231 e. The second-order valence-corrected chi connectivity index (χ2v) is 4.76. The molecule has 1 aromatic rings. The van der Waals surface area contributed by atoms with Crippen LogP contribution in [0.15, 0.2) is 18.2 Å². The number of hydrogen-bond donors (Lipinski definition) is 1. The second-order valence-electron chi connectivity index (χ2n) is 4.76. The first-order valence-electron chi connectivity index (χ1n) is 5.92. The lowest BCUT2D eigenvalue weighted by Crippen LogP contribution is -2.45. The summed E-state index contributed by atoms with van der Waals surface area (Å²) in [5.41, 5.74) is 6.11. The van der Waals surface area contributed by atoms with Crippen molar-refractivity contribution >= 4 is 5.78 Å². The molecule has 0 aromatic heterocycles. The molecule has 4 heteroatoms. The van der Waals surface area contributed by atoms with Crippen LogP contribution in [-0.2, 0) is 0 Å². The van der Waals surface area contributed by atoms with Crippen LogP contribution < -0.4 is 15.2 Å². The Kier molecular flexibility index (Phi) is 2.33. The molecule has 0 unspecified atom stereocenters. The molecule has 1 aliphatic heterocycles. The van der Waals surface area contributed by atoms with Gasteiger partial charge in [-0.3, -0.25) is 4.79 Å². The first kappa shape index (κ1) is 10.6. The van der Waals surface area contributed by atoms with Gasteiger partial charge in [-0.2, -0.15) is 0 Å². The van der Waals surface area contributed by atoms with Crippen molar-refractivity contribution in [2.24, 2.45) is 5.73 Å². The van der Waals surface area contributed by atoms with Gasteiger partial charge in [0.2, 0.25) is 6.79 Å². The Bertz CT molecular complexity index is 464. The third-order valence-corrected chi connectivity index (χ3v) is 3.58. The summed E-state index contributed by atoms with van der Waals surface area (Å²) in [6.07, 6.45) is 3.63. The summed E-state index contributed by atoms with van der Waals surface area (Å²) in [5.74, 6) is 1.35. The molecular formula is C13H15NO3. The summed E-state index contributed by atoms with van der Waals surface area (Å²) in [4.78, 5) is 12.3. The number of ketones is 1. The fraction of sp³-hybridized carbons (Fsp3) is 0.462. The van der Waals surface area contributed by atoms with E-state index in [0.717, 1.165) is 25.7 Å². The van der Waals surface area contributed by atoms with Gasteiger partial charge in [-0.1, -0.05) is 12.8 Å². The number of hydrogen-bond acceptors (Lipinski definition) is 4. The number of carbonyl (C=O) groups excluding carboxylic acids is 1. The van der Waals surface area contributed by atoms with E-state index in [0.29, 0.717) is 17.1 Å². The number of Topliss-reactive ketones (excluding diaryl/α,β-unsaturated/α-hetero) is 1. The van der Waals surface area contributed by atoms with Crippen LogP contribution in [0.1, 0.15) is 36.0 Å². The maximum absolute atomic E-state index is 12.3. The van der Waals surface area contributed by atoms with Gasteiger partial charge >= 0.3 is 0 Å². The predicted octanol–water partition coefficient (Wildman–Crippen LogP) is 1.87. The highest BCUT2D eigenvalue weighted by Gasteiger charge is 2.37. The maximum atomic E-state index is 12.3. The number of fused-ring (bicyclic) bond motifs is 1. The van der Waals surface area contributed by atoms with E-state index in [9.17, 15) is 4.79 Å². The maximum Gasteiger partial charge on any atom is 0.231 e. The molecule has 0 saturated heterocycles. The lowest BCUT2D eigenvalue weighted by molar-refractivity contribution is 0.0891. The largest absolute Gasteiger partial charge is 0.454 e. The fourth-order valence-electron chi connectivity index (χ4n) is 2.56. The minimum Gasteiger partial charge on any atom is -0.454 e. The molecule has 0 radical (unpaired) electrons. The van der Waals surface area contributed by atoms with Gasteiger partial charge in [0.25, 0.3) is 0 Å². The summed E-state index contributed by atoms with van der Waals surface area (Å²) in [6, 6.07) is 5.27. The van der Waals surface area contributed by atoms with E-state index < -0.39 is 5.54 Å². The molecule has 1 aliphatic carbocycles. The number of rotatable bonds is 2. The molecule has 2 aliphatic rings. The Morgan fingerprint density at radius 3 is 2.65 bits per heavy atom. The van der Waals surface area contributed by atoms with Crippen molar-refractivity contribution in [2.75, 3.05) is 6.79 Å². The zero-order chi connectivity index (χ0) is 11.9. The summed E-state index contributed by atoms with van der Waals surface area (Å²) >= 11 is 0. The zero-order valence-corrected chi connectivity index (χ0v) is 9.57. The van der Waals surface area contributed by atoms with Crippen molar-refractivity contribution in [3.8, 4) is 11.5 Å². The van der Waals surface area contributed by atoms with Crippen LogP contribution in [0.4, 0.5) is 0 Å². The van der Waals surface area contributed by atoms with Crippen molar-refractivity contribution < 1.29 is 14.3 Å². The van der Waals surface area contributed by atoms with Crippen LogP contribution >= 0.6 is 0 Å². The van der Waals surface area contributed by atoms with Crippen LogP contribution in [0.25, 0.3) is 0 Å². The highest BCUT2D eigenvalue weighted by molar-refractivity contribution is 6.03. The number of carbonyl (C=O) groups is 1. The van der Waals surface area contributed by atoms with E-state index in [1.54, 1.807) is 18.2 Å². The van der Waals surface area contributed by atoms with Gasteiger partial charge in [0.1, 0.15) is 0 Å². The minimum absolute atomic E-state index is 0.0216. The molecule has 0 amide bonds. The molecule has 4 nitrogen and oxygen atoms in total. The van der Waals surface area contributed by atoms with Gasteiger partial charge in [0, 0.05) is 5.56 Å². The predicted molar refractivity (Wildman–Crippen MR) is 62.3 cm³/mol. The first-order chi connectivity index (χ1) is 8.19. The third-order valence-electron chi connectivity index (χ3n) is 3.58. The molecule has 1 aromatic carbocycles. The van der Waals surface area contributed by atoms with E-state index in [2.05, 4.69) is 0 Å². The standard InChI is InChI=1S/C13H15NO3/c14-13(5-1-2-6-13)12(15)9-3-4-10-11(7-9)17-8-16-10/h3-4,7H,1-2,5-6,8,14H2. The average molecular weight is 233 g/mol. The molecule has 0 atom stereocenters. The second kappa shape index (κ2) is 3.74. The lowest BCUT2D eigenvalue weighted by atomic mass is 9.88. The van der Waals surface area contributed by atoms with E-state index in [1.807, 2.05) is 0 Å². The molecule has 2 N–H and O–H groups in total. The number of ether oxygens (including phenoxy) is 2. The lowest BCUT2D eigenvalue weighted by Gasteiger charge is -2.21. The quantitative estimate of drug-likeness (QED) is 0.792. The average Bonchev–Trinajstić information content (AvgIpc) is 2.96. The van der Waals surface area contributed by atoms with E-state index in [1.165, 1.54) is 0 Å². The van der Waals surface area contributed by atoms with Crippen molar-refractivity contribution in [1.82, 2.24) is 0 Å². The van der Waals surface area contributed by atoms with Crippen molar-refractivity contribution in [2.45, 2.75) is 31.2 Å². The zero-order valence-electron chi connectivity index (χ0n) is 9.57. The fourth-order valence-corrected chi connectivity index (χ4v) is 2.56. The normalized spacial score (nSPS) is 20.5. The SMILES string of the molecule is NC1(C(=O)c2ccc3c(c2)OCO3)CCCC1. The van der Waals surface area contributed by atoms with Gasteiger partial charge in [-0.15, -0.1) is 0 Å². The van der Waals surface area contributed by atoms with Crippen LogP contribution in [0, 0.1) is 0 Å². The molecule has 3 rings (SSSR count). The third kappa shape index (κ3) is 1.69. The van der Waals surface area contributed by atoms with Gasteiger partial charge < -0.3 is 15.2 Å². The Balaban J connectivity index is 1.91. The summed E-state index contributed by atoms with van der Waals surface area (Å²) in [6.45, 7) is 0.223. The molecule has 0 bridgehead atoms. The molecule has 1 fully saturated rings. The Hall–Kier alpha value is -1.55. The van der Waals surface area contributed by atoms with E-state index in [-0.39, 0.29) is 12.6 Å². The van der Waals surface area contributed by atoms with Gasteiger partial charge in [-0.05, 0) is 31.0 Å². The molecule has 0 spiro atoms. The monoisotopic (exact) mass is 233 g/mol. The van der Waals surface area contributed by atoms with Crippen LogP contribution in [0.5, 0.6) is 11.5 Å². The van der Waals surface area contributed by atoms with Crippen molar-refractivity contribution in [1.29, 1.82) is 0 Å². The molecule has 1 saturated carbocycles. The van der Waals surface area contributed by atoms with E-state index in [4.69, 9.17) is 15.2 Å². The molecule has 1 heterocycles. The Morgan fingerprint density at radius 1 is 1.18 bits per heavy atom. The number of benzene rings is 1. The van der Waals surface area contributed by atoms with E-state index >= 15 is 0 Å². The summed E-state index contributed by atoms with van der Waals surface area (Å²) < 4.78 is 10.5. The van der Waals surface area contributed by atoms with Crippen molar-refractivity contribution in [3.05, 3.63) is 23.8 Å². The molecule has 90 valence electrons. The van der Waals surface area contributed by atoms with Crippen molar-refractivity contribution in [3.63, 3.8) is 0 Å². The van der Waals surface area contributed by atoms with Crippen LogP contribution in [0.3, 0.4) is 0 Å². The summed E-state index contributed by atoms with van der Waals surface area (Å²) in [5, 5.41) is 0. The van der Waals surface area contributed by atoms with Crippen LogP contribution in [-0.4, -0.2) is 18.1 Å². The first-order valence-corrected chi connectivity index (χ1v) is 5.92. The topological polar surface area (TPSA) is 61.6 Å².